The number of nitrogens with zero attached hydrogens (tertiary/aromatic N) is 1. The summed E-state index contributed by atoms with van der Waals surface area (Å²) in [5, 5.41) is 4.76. The minimum absolute atomic E-state index is 0.202. The number of hydrogen-bond donors (Lipinski definition) is 2. The first-order chi connectivity index (χ1) is 12.3. The second-order valence-corrected chi connectivity index (χ2v) is 6.39. The van der Waals surface area contributed by atoms with Crippen LogP contribution in [0.3, 0.4) is 0 Å². The summed E-state index contributed by atoms with van der Waals surface area (Å²) in [7, 11) is 0. The SMILES string of the molecule is Fc1ccc(C=CC2=CCNC(Cc3c[nH]c4ncccc34)C2)cc1. The molecule has 4 rings (SSSR count). The summed E-state index contributed by atoms with van der Waals surface area (Å²) in [5.74, 6) is -0.202. The number of hydrogen-bond acceptors (Lipinski definition) is 2. The Bertz CT molecular complexity index is 922. The molecular weight excluding hydrogens is 313 g/mol. The topological polar surface area (TPSA) is 40.7 Å². The zero-order valence-electron chi connectivity index (χ0n) is 13.9. The van der Waals surface area contributed by atoms with Gasteiger partial charge in [0.15, 0.2) is 0 Å². The fraction of sp³-hybridized carbons (Fsp3) is 0.190. The van der Waals surface area contributed by atoms with Crippen molar-refractivity contribution in [1.29, 1.82) is 0 Å². The van der Waals surface area contributed by atoms with Gasteiger partial charge in [-0.05, 0) is 53.8 Å². The molecule has 1 aliphatic heterocycles. The maximum Gasteiger partial charge on any atom is 0.137 e. The lowest BCUT2D eigenvalue weighted by Gasteiger charge is -2.23. The quantitative estimate of drug-likeness (QED) is 0.749. The molecule has 4 heteroatoms. The molecule has 0 fully saturated rings. The fourth-order valence-electron chi connectivity index (χ4n) is 3.30. The van der Waals surface area contributed by atoms with Crippen LogP contribution in [0.25, 0.3) is 17.1 Å². The van der Waals surface area contributed by atoms with Gasteiger partial charge in [-0.2, -0.15) is 0 Å². The molecule has 0 aliphatic carbocycles. The first kappa shape index (κ1) is 15.8. The van der Waals surface area contributed by atoms with E-state index in [1.165, 1.54) is 28.7 Å². The lowest BCUT2D eigenvalue weighted by atomic mass is 9.95. The van der Waals surface area contributed by atoms with Crippen LogP contribution >= 0.6 is 0 Å². The van der Waals surface area contributed by atoms with Gasteiger partial charge in [-0.25, -0.2) is 9.37 Å². The summed E-state index contributed by atoms with van der Waals surface area (Å²) in [6.07, 6.45) is 12.2. The number of allylic oxidation sites excluding steroid dienone is 1. The summed E-state index contributed by atoms with van der Waals surface area (Å²) in [4.78, 5) is 7.60. The molecule has 1 unspecified atom stereocenters. The van der Waals surface area contributed by atoms with Gasteiger partial charge in [0.05, 0.1) is 0 Å². The number of aromatic nitrogens is 2. The van der Waals surface area contributed by atoms with Crippen LogP contribution in [0, 0.1) is 5.82 Å². The maximum absolute atomic E-state index is 13.0. The predicted molar refractivity (Wildman–Crippen MR) is 99.7 cm³/mol. The van der Waals surface area contributed by atoms with Crippen molar-refractivity contribution in [2.75, 3.05) is 6.54 Å². The average Bonchev–Trinajstić information content (AvgIpc) is 3.05. The highest BCUT2D eigenvalue weighted by atomic mass is 19.1. The highest BCUT2D eigenvalue weighted by Gasteiger charge is 2.16. The van der Waals surface area contributed by atoms with Crippen molar-refractivity contribution in [3.63, 3.8) is 0 Å². The molecule has 1 aromatic carbocycles. The van der Waals surface area contributed by atoms with Crippen LogP contribution in [-0.4, -0.2) is 22.6 Å². The lowest BCUT2D eigenvalue weighted by molar-refractivity contribution is 0.517. The standard InChI is InChI=1S/C21H20FN3/c22-18-7-5-15(6-8-18)3-4-16-9-11-23-19(12-16)13-17-14-25-21-20(17)2-1-10-24-21/h1-10,14,19,23H,11-13H2,(H,24,25). The molecule has 3 heterocycles. The highest BCUT2D eigenvalue weighted by Crippen LogP contribution is 2.21. The summed E-state index contributed by atoms with van der Waals surface area (Å²) < 4.78 is 13.0. The normalized spacial score (nSPS) is 18.0. The fourth-order valence-corrected chi connectivity index (χ4v) is 3.30. The van der Waals surface area contributed by atoms with Gasteiger partial charge in [-0.1, -0.05) is 30.4 Å². The number of fused-ring (bicyclic) bond motifs is 1. The van der Waals surface area contributed by atoms with E-state index >= 15 is 0 Å². The molecule has 0 saturated heterocycles. The van der Waals surface area contributed by atoms with E-state index in [1.807, 2.05) is 18.3 Å². The molecule has 1 atom stereocenters. The number of nitrogens with one attached hydrogen (secondary N) is 2. The Morgan fingerprint density at radius 3 is 2.92 bits per heavy atom. The van der Waals surface area contributed by atoms with Crippen LogP contribution in [0.2, 0.25) is 0 Å². The third-order valence-electron chi connectivity index (χ3n) is 4.62. The Morgan fingerprint density at radius 1 is 1.16 bits per heavy atom. The van der Waals surface area contributed by atoms with Crippen LogP contribution in [-0.2, 0) is 6.42 Å². The van der Waals surface area contributed by atoms with E-state index in [2.05, 4.69) is 39.7 Å². The van der Waals surface area contributed by atoms with Gasteiger partial charge < -0.3 is 10.3 Å². The Labute approximate surface area is 146 Å². The van der Waals surface area contributed by atoms with Gasteiger partial charge in [-0.15, -0.1) is 0 Å². The van der Waals surface area contributed by atoms with E-state index in [0.717, 1.165) is 30.6 Å². The Morgan fingerprint density at radius 2 is 2.04 bits per heavy atom. The predicted octanol–water partition coefficient (Wildman–Crippen LogP) is 4.25. The number of benzene rings is 1. The van der Waals surface area contributed by atoms with Crippen LogP contribution in [0.15, 0.2) is 66.5 Å². The largest absolute Gasteiger partial charge is 0.346 e. The maximum atomic E-state index is 13.0. The molecule has 0 spiro atoms. The number of aromatic amines is 1. The van der Waals surface area contributed by atoms with Crippen molar-refractivity contribution >= 4 is 17.1 Å². The monoisotopic (exact) mass is 333 g/mol. The van der Waals surface area contributed by atoms with E-state index in [-0.39, 0.29) is 5.82 Å². The van der Waals surface area contributed by atoms with Gasteiger partial charge in [-0.3, -0.25) is 0 Å². The first-order valence-corrected chi connectivity index (χ1v) is 8.55. The number of halogens is 1. The van der Waals surface area contributed by atoms with Gasteiger partial charge in [0, 0.05) is 30.4 Å². The molecule has 25 heavy (non-hydrogen) atoms. The molecule has 3 aromatic rings. The third-order valence-corrected chi connectivity index (χ3v) is 4.62. The Balaban J connectivity index is 1.43. The molecule has 2 N–H and O–H groups in total. The summed E-state index contributed by atoms with van der Waals surface area (Å²) >= 11 is 0. The zero-order valence-corrected chi connectivity index (χ0v) is 13.9. The van der Waals surface area contributed by atoms with Crippen molar-refractivity contribution in [1.82, 2.24) is 15.3 Å². The molecule has 0 radical (unpaired) electrons. The number of pyridine rings is 1. The van der Waals surface area contributed by atoms with Gasteiger partial charge in [0.1, 0.15) is 11.5 Å². The lowest BCUT2D eigenvalue weighted by Crippen LogP contribution is -2.34. The highest BCUT2D eigenvalue weighted by molar-refractivity contribution is 5.79. The summed E-state index contributed by atoms with van der Waals surface area (Å²) in [6.45, 7) is 0.869. The molecule has 0 amide bonds. The van der Waals surface area contributed by atoms with E-state index in [4.69, 9.17) is 0 Å². The minimum Gasteiger partial charge on any atom is -0.346 e. The summed E-state index contributed by atoms with van der Waals surface area (Å²) in [5.41, 5.74) is 4.57. The first-order valence-electron chi connectivity index (χ1n) is 8.55. The molecule has 0 saturated carbocycles. The zero-order chi connectivity index (χ0) is 17.1. The van der Waals surface area contributed by atoms with Crippen molar-refractivity contribution < 1.29 is 4.39 Å². The average molecular weight is 333 g/mol. The van der Waals surface area contributed by atoms with Crippen LogP contribution in [0.4, 0.5) is 4.39 Å². The van der Waals surface area contributed by atoms with Gasteiger partial charge >= 0.3 is 0 Å². The minimum atomic E-state index is -0.202. The van der Waals surface area contributed by atoms with E-state index in [9.17, 15) is 4.39 Å². The van der Waals surface area contributed by atoms with Crippen molar-refractivity contribution in [2.45, 2.75) is 18.9 Å². The van der Waals surface area contributed by atoms with E-state index < -0.39 is 0 Å². The van der Waals surface area contributed by atoms with E-state index in [1.54, 1.807) is 12.1 Å². The molecule has 2 aromatic heterocycles. The van der Waals surface area contributed by atoms with Crippen LogP contribution < -0.4 is 5.32 Å². The number of rotatable bonds is 4. The summed E-state index contributed by atoms with van der Waals surface area (Å²) in [6, 6.07) is 11.1. The third kappa shape index (κ3) is 3.69. The molecule has 3 nitrogen and oxygen atoms in total. The van der Waals surface area contributed by atoms with Gasteiger partial charge in [0.2, 0.25) is 0 Å². The van der Waals surface area contributed by atoms with E-state index in [0.29, 0.717) is 6.04 Å². The van der Waals surface area contributed by atoms with Gasteiger partial charge in [0.25, 0.3) is 0 Å². The van der Waals surface area contributed by atoms with Crippen molar-refractivity contribution in [3.05, 3.63) is 83.5 Å². The van der Waals surface area contributed by atoms with Crippen LogP contribution in [0.1, 0.15) is 17.5 Å². The van der Waals surface area contributed by atoms with Crippen LogP contribution in [0.5, 0.6) is 0 Å². The second kappa shape index (κ2) is 7.03. The molecule has 1 aliphatic rings. The molecule has 0 bridgehead atoms. The molecular formula is C21H20FN3. The number of H-pyrrole nitrogens is 1. The van der Waals surface area contributed by atoms with Crippen molar-refractivity contribution in [2.24, 2.45) is 0 Å². The second-order valence-electron chi connectivity index (χ2n) is 6.39. The Kier molecular flexibility index (Phi) is 4.44. The Hall–Kier alpha value is -2.72. The molecule has 126 valence electrons. The smallest absolute Gasteiger partial charge is 0.137 e. The van der Waals surface area contributed by atoms with Crippen molar-refractivity contribution in [3.8, 4) is 0 Å².